The van der Waals surface area contributed by atoms with Crippen molar-refractivity contribution in [3.8, 4) is 0 Å². The minimum atomic E-state index is 0.293. The summed E-state index contributed by atoms with van der Waals surface area (Å²) >= 11 is 6.46. The van der Waals surface area contributed by atoms with Crippen molar-refractivity contribution in [2.24, 2.45) is 5.92 Å². The molecule has 0 spiro atoms. The van der Waals surface area contributed by atoms with Crippen molar-refractivity contribution in [3.63, 3.8) is 0 Å². The van der Waals surface area contributed by atoms with Gasteiger partial charge in [-0.05, 0) is 36.6 Å². The molecule has 1 saturated heterocycles. The lowest BCUT2D eigenvalue weighted by Gasteiger charge is -2.38. The Morgan fingerprint density at radius 2 is 2.25 bits per heavy atom. The van der Waals surface area contributed by atoms with E-state index in [-0.39, 0.29) is 0 Å². The molecule has 1 fully saturated rings. The summed E-state index contributed by atoms with van der Waals surface area (Å²) in [5.41, 5.74) is 2.36. The van der Waals surface area contributed by atoms with Gasteiger partial charge in [-0.15, -0.1) is 0 Å². The Bertz CT molecular complexity index is 438. The van der Waals surface area contributed by atoms with Gasteiger partial charge in [0.1, 0.15) is 0 Å². The van der Waals surface area contributed by atoms with E-state index in [0.29, 0.717) is 12.0 Å². The summed E-state index contributed by atoms with van der Waals surface area (Å²) in [6.07, 6.45) is 1.44. The van der Waals surface area contributed by atoms with Crippen LogP contribution in [-0.4, -0.2) is 32.8 Å². The van der Waals surface area contributed by atoms with Gasteiger partial charge < -0.3 is 15.0 Å². The molecular weight excluding hydrogens is 272 g/mol. The predicted octanol–water partition coefficient (Wildman–Crippen LogP) is 3.31. The van der Waals surface area contributed by atoms with E-state index in [1.54, 1.807) is 7.11 Å². The normalized spacial score (nSPS) is 23.1. The van der Waals surface area contributed by atoms with Crippen LogP contribution in [0.2, 0.25) is 5.02 Å². The van der Waals surface area contributed by atoms with Crippen molar-refractivity contribution >= 4 is 17.3 Å². The molecule has 112 valence electrons. The molecule has 3 nitrogen and oxygen atoms in total. The number of benzene rings is 1. The maximum atomic E-state index is 6.46. The summed E-state index contributed by atoms with van der Waals surface area (Å²) in [7, 11) is 1.80. The first-order valence-electron chi connectivity index (χ1n) is 7.42. The van der Waals surface area contributed by atoms with Crippen LogP contribution < -0.4 is 10.2 Å². The molecule has 20 heavy (non-hydrogen) atoms. The molecule has 1 heterocycles. The van der Waals surface area contributed by atoms with Crippen LogP contribution >= 0.6 is 11.6 Å². The molecule has 0 bridgehead atoms. The standard InChI is InChI=1S/C16H25ClN2O/c1-4-18-10-13-5-6-15(14(17)9-13)19-8-7-12(2)16(11-19)20-3/h5-6,9,12,16,18H,4,7-8,10-11H2,1-3H3. The van der Waals surface area contributed by atoms with Gasteiger partial charge in [0.05, 0.1) is 16.8 Å². The highest BCUT2D eigenvalue weighted by atomic mass is 35.5. The van der Waals surface area contributed by atoms with E-state index in [1.807, 2.05) is 0 Å². The number of methoxy groups -OCH3 is 1. The molecule has 0 amide bonds. The van der Waals surface area contributed by atoms with Crippen LogP contribution in [-0.2, 0) is 11.3 Å². The highest BCUT2D eigenvalue weighted by Gasteiger charge is 2.27. The van der Waals surface area contributed by atoms with Crippen LogP contribution in [0.3, 0.4) is 0 Å². The number of anilines is 1. The Hall–Kier alpha value is -0.770. The summed E-state index contributed by atoms with van der Waals surface area (Å²) < 4.78 is 5.58. The maximum Gasteiger partial charge on any atom is 0.0772 e. The van der Waals surface area contributed by atoms with Gasteiger partial charge in [0.15, 0.2) is 0 Å². The molecule has 0 aromatic heterocycles. The van der Waals surface area contributed by atoms with Gasteiger partial charge >= 0.3 is 0 Å². The van der Waals surface area contributed by atoms with E-state index in [1.165, 1.54) is 5.56 Å². The zero-order valence-corrected chi connectivity index (χ0v) is 13.4. The van der Waals surface area contributed by atoms with E-state index in [2.05, 4.69) is 42.3 Å². The molecule has 2 atom stereocenters. The Morgan fingerprint density at radius 1 is 1.45 bits per heavy atom. The number of hydrogen-bond acceptors (Lipinski definition) is 3. The van der Waals surface area contributed by atoms with Crippen LogP contribution in [0.5, 0.6) is 0 Å². The quantitative estimate of drug-likeness (QED) is 0.902. The first kappa shape index (κ1) is 15.6. The highest BCUT2D eigenvalue weighted by molar-refractivity contribution is 6.33. The molecule has 4 heteroatoms. The number of halogens is 1. The van der Waals surface area contributed by atoms with Crippen LogP contribution in [0.15, 0.2) is 18.2 Å². The first-order valence-corrected chi connectivity index (χ1v) is 7.80. The number of hydrogen-bond donors (Lipinski definition) is 1. The van der Waals surface area contributed by atoms with E-state index >= 15 is 0 Å². The molecule has 1 aliphatic rings. The van der Waals surface area contributed by atoms with Crippen molar-refractivity contribution in [3.05, 3.63) is 28.8 Å². The largest absolute Gasteiger partial charge is 0.379 e. The Kier molecular flexibility index (Phi) is 5.70. The molecule has 1 aromatic rings. The Morgan fingerprint density at radius 3 is 2.90 bits per heavy atom. The van der Waals surface area contributed by atoms with Gasteiger partial charge in [0.25, 0.3) is 0 Å². The van der Waals surface area contributed by atoms with Crippen molar-refractivity contribution in [2.45, 2.75) is 32.9 Å². The second kappa shape index (κ2) is 7.30. The topological polar surface area (TPSA) is 24.5 Å². The lowest BCUT2D eigenvalue weighted by molar-refractivity contribution is 0.0498. The predicted molar refractivity (Wildman–Crippen MR) is 85.6 cm³/mol. The van der Waals surface area contributed by atoms with Gasteiger partial charge in [-0.25, -0.2) is 0 Å². The second-order valence-corrected chi connectivity index (χ2v) is 5.96. The lowest BCUT2D eigenvalue weighted by Crippen LogP contribution is -2.44. The molecule has 2 rings (SSSR count). The molecule has 1 N–H and O–H groups in total. The monoisotopic (exact) mass is 296 g/mol. The van der Waals surface area contributed by atoms with Gasteiger partial charge in [-0.2, -0.15) is 0 Å². The minimum Gasteiger partial charge on any atom is -0.379 e. The number of nitrogens with one attached hydrogen (secondary N) is 1. The number of rotatable bonds is 5. The van der Waals surface area contributed by atoms with Gasteiger partial charge in [-0.1, -0.05) is 31.5 Å². The smallest absolute Gasteiger partial charge is 0.0772 e. The average molecular weight is 297 g/mol. The molecule has 0 aliphatic carbocycles. The van der Waals surface area contributed by atoms with Crippen molar-refractivity contribution in [1.82, 2.24) is 5.32 Å². The van der Waals surface area contributed by atoms with Crippen molar-refractivity contribution < 1.29 is 4.74 Å². The third-order valence-electron chi connectivity index (χ3n) is 4.12. The fraction of sp³-hybridized carbons (Fsp3) is 0.625. The number of piperidine rings is 1. The third kappa shape index (κ3) is 3.66. The summed E-state index contributed by atoms with van der Waals surface area (Å²) in [4.78, 5) is 2.34. The van der Waals surface area contributed by atoms with E-state index in [0.717, 1.165) is 43.3 Å². The average Bonchev–Trinajstić information content (AvgIpc) is 2.46. The third-order valence-corrected chi connectivity index (χ3v) is 4.43. The van der Waals surface area contributed by atoms with Crippen LogP contribution in [0.4, 0.5) is 5.69 Å². The highest BCUT2D eigenvalue weighted by Crippen LogP contribution is 2.31. The van der Waals surface area contributed by atoms with E-state index in [4.69, 9.17) is 16.3 Å². The zero-order valence-electron chi connectivity index (χ0n) is 12.7. The van der Waals surface area contributed by atoms with E-state index in [9.17, 15) is 0 Å². The molecular formula is C16H25ClN2O. The zero-order chi connectivity index (χ0) is 14.5. The van der Waals surface area contributed by atoms with Crippen LogP contribution in [0.25, 0.3) is 0 Å². The molecule has 1 aromatic carbocycles. The summed E-state index contributed by atoms with van der Waals surface area (Å²) in [6, 6.07) is 6.36. The summed E-state index contributed by atoms with van der Waals surface area (Å²) in [5, 5.41) is 4.16. The molecule has 0 saturated carbocycles. The molecule has 1 aliphatic heterocycles. The number of ether oxygens (including phenoxy) is 1. The van der Waals surface area contributed by atoms with Crippen molar-refractivity contribution in [2.75, 3.05) is 31.6 Å². The Balaban J connectivity index is 2.08. The fourth-order valence-corrected chi connectivity index (χ4v) is 3.07. The van der Waals surface area contributed by atoms with Gasteiger partial charge in [0.2, 0.25) is 0 Å². The summed E-state index contributed by atoms with van der Waals surface area (Å²) in [6.45, 7) is 8.17. The van der Waals surface area contributed by atoms with Crippen molar-refractivity contribution in [1.29, 1.82) is 0 Å². The Labute approximate surface area is 127 Å². The van der Waals surface area contributed by atoms with Crippen LogP contribution in [0.1, 0.15) is 25.8 Å². The lowest BCUT2D eigenvalue weighted by atomic mass is 9.95. The van der Waals surface area contributed by atoms with Crippen LogP contribution in [0, 0.1) is 5.92 Å². The minimum absolute atomic E-state index is 0.293. The summed E-state index contributed by atoms with van der Waals surface area (Å²) in [5.74, 6) is 0.614. The van der Waals surface area contributed by atoms with Gasteiger partial charge in [-0.3, -0.25) is 0 Å². The maximum absolute atomic E-state index is 6.46. The molecule has 0 radical (unpaired) electrons. The second-order valence-electron chi connectivity index (χ2n) is 5.55. The molecule has 2 unspecified atom stereocenters. The van der Waals surface area contributed by atoms with E-state index < -0.39 is 0 Å². The number of nitrogens with zero attached hydrogens (tertiary/aromatic N) is 1. The van der Waals surface area contributed by atoms with Gasteiger partial charge in [0, 0.05) is 26.7 Å². The first-order chi connectivity index (χ1) is 9.65. The SMILES string of the molecule is CCNCc1ccc(N2CCC(C)C(OC)C2)c(Cl)c1. The fourth-order valence-electron chi connectivity index (χ4n) is 2.75.